The SMILES string of the molecule is Cc1ccc(NC(=O)O[C@@H](C/C=C/C(=O)O)c2ccc(O)c3ccccc23)cc1. The Labute approximate surface area is 168 Å². The molecule has 29 heavy (non-hydrogen) atoms. The normalized spacial score (nSPS) is 12.0. The predicted molar refractivity (Wildman–Crippen MR) is 111 cm³/mol. The van der Waals surface area contributed by atoms with E-state index < -0.39 is 18.2 Å². The van der Waals surface area contributed by atoms with E-state index in [1.165, 1.54) is 12.1 Å². The van der Waals surface area contributed by atoms with Gasteiger partial charge in [-0.15, -0.1) is 0 Å². The number of fused-ring (bicyclic) bond motifs is 1. The molecular weight excluding hydrogens is 370 g/mol. The minimum atomic E-state index is -1.08. The molecule has 3 N–H and O–H groups in total. The summed E-state index contributed by atoms with van der Waals surface area (Å²) in [6.07, 6.45) is 1.23. The van der Waals surface area contributed by atoms with Crippen LogP contribution in [0.1, 0.15) is 23.7 Å². The highest BCUT2D eigenvalue weighted by Gasteiger charge is 2.19. The number of anilines is 1. The van der Waals surface area contributed by atoms with Gasteiger partial charge in [0.15, 0.2) is 0 Å². The Bertz CT molecular complexity index is 1060. The highest BCUT2D eigenvalue weighted by Crippen LogP contribution is 2.34. The zero-order chi connectivity index (χ0) is 20.8. The number of aromatic hydroxyl groups is 1. The van der Waals surface area contributed by atoms with E-state index in [0.29, 0.717) is 16.6 Å². The number of phenols is 1. The molecule has 0 fully saturated rings. The van der Waals surface area contributed by atoms with Crippen LogP contribution >= 0.6 is 0 Å². The lowest BCUT2D eigenvalue weighted by Crippen LogP contribution is -2.17. The van der Waals surface area contributed by atoms with E-state index in [0.717, 1.165) is 17.0 Å². The summed E-state index contributed by atoms with van der Waals surface area (Å²) >= 11 is 0. The summed E-state index contributed by atoms with van der Waals surface area (Å²) in [6, 6.07) is 17.7. The monoisotopic (exact) mass is 391 g/mol. The van der Waals surface area contributed by atoms with E-state index in [1.807, 2.05) is 31.2 Å². The number of aliphatic carboxylic acids is 1. The van der Waals surface area contributed by atoms with E-state index in [1.54, 1.807) is 30.3 Å². The number of carbonyl (C=O) groups excluding carboxylic acids is 1. The summed E-state index contributed by atoms with van der Waals surface area (Å²) in [5.41, 5.74) is 2.33. The van der Waals surface area contributed by atoms with Crippen molar-refractivity contribution in [3.05, 3.63) is 83.9 Å². The van der Waals surface area contributed by atoms with Crippen molar-refractivity contribution in [2.24, 2.45) is 0 Å². The first-order valence-electron chi connectivity index (χ1n) is 9.08. The molecule has 0 unspecified atom stereocenters. The lowest BCUT2D eigenvalue weighted by molar-refractivity contribution is -0.131. The quantitative estimate of drug-likeness (QED) is 0.504. The van der Waals surface area contributed by atoms with Crippen molar-refractivity contribution in [2.45, 2.75) is 19.4 Å². The summed E-state index contributed by atoms with van der Waals surface area (Å²) in [7, 11) is 0. The maximum atomic E-state index is 12.5. The van der Waals surface area contributed by atoms with Crippen LogP contribution in [0.4, 0.5) is 10.5 Å². The van der Waals surface area contributed by atoms with Gasteiger partial charge < -0.3 is 14.9 Å². The first-order valence-corrected chi connectivity index (χ1v) is 9.08. The molecule has 6 nitrogen and oxygen atoms in total. The number of carboxylic acids is 1. The Morgan fingerprint density at radius 3 is 2.41 bits per heavy atom. The van der Waals surface area contributed by atoms with E-state index in [4.69, 9.17) is 9.84 Å². The molecule has 1 atom stereocenters. The molecule has 148 valence electrons. The predicted octanol–water partition coefficient (Wildman–Crippen LogP) is 5.17. The molecule has 3 rings (SSSR count). The maximum absolute atomic E-state index is 12.5. The Balaban J connectivity index is 1.88. The van der Waals surface area contributed by atoms with Crippen molar-refractivity contribution < 1.29 is 24.5 Å². The second-order valence-electron chi connectivity index (χ2n) is 6.58. The molecule has 0 heterocycles. The van der Waals surface area contributed by atoms with Crippen LogP contribution in [0.25, 0.3) is 10.8 Å². The van der Waals surface area contributed by atoms with Crippen molar-refractivity contribution in [3.63, 3.8) is 0 Å². The van der Waals surface area contributed by atoms with Gasteiger partial charge in [-0.1, -0.05) is 54.1 Å². The van der Waals surface area contributed by atoms with Crippen molar-refractivity contribution in [3.8, 4) is 5.75 Å². The third-order valence-electron chi connectivity index (χ3n) is 4.44. The Morgan fingerprint density at radius 2 is 1.72 bits per heavy atom. The van der Waals surface area contributed by atoms with Gasteiger partial charge in [0.05, 0.1) is 0 Å². The molecule has 3 aromatic rings. The van der Waals surface area contributed by atoms with Gasteiger partial charge in [-0.2, -0.15) is 0 Å². The van der Waals surface area contributed by atoms with E-state index in [2.05, 4.69) is 5.32 Å². The second-order valence-corrected chi connectivity index (χ2v) is 6.58. The van der Waals surface area contributed by atoms with Gasteiger partial charge in [-0.25, -0.2) is 9.59 Å². The number of nitrogens with one attached hydrogen (secondary N) is 1. The summed E-state index contributed by atoms with van der Waals surface area (Å²) in [6.45, 7) is 1.95. The number of ether oxygens (including phenoxy) is 1. The summed E-state index contributed by atoms with van der Waals surface area (Å²) in [5.74, 6) is -0.961. The van der Waals surface area contributed by atoms with Gasteiger partial charge in [-0.3, -0.25) is 5.32 Å². The Morgan fingerprint density at radius 1 is 1.03 bits per heavy atom. The number of benzene rings is 3. The number of rotatable bonds is 6. The Hall–Kier alpha value is -3.80. The van der Waals surface area contributed by atoms with E-state index >= 15 is 0 Å². The van der Waals surface area contributed by atoms with Gasteiger partial charge in [-0.05, 0) is 30.5 Å². The van der Waals surface area contributed by atoms with Crippen LogP contribution in [0.15, 0.2) is 72.8 Å². The average molecular weight is 391 g/mol. The summed E-state index contributed by atoms with van der Waals surface area (Å²) < 4.78 is 5.62. The molecule has 1 amide bonds. The fourth-order valence-corrected chi connectivity index (χ4v) is 3.03. The van der Waals surface area contributed by atoms with Crippen LogP contribution in [-0.2, 0) is 9.53 Å². The van der Waals surface area contributed by atoms with Gasteiger partial charge in [0, 0.05) is 29.1 Å². The Kier molecular flexibility index (Phi) is 6.14. The van der Waals surface area contributed by atoms with Crippen LogP contribution in [0.5, 0.6) is 5.75 Å². The topological polar surface area (TPSA) is 95.9 Å². The van der Waals surface area contributed by atoms with Crippen LogP contribution in [-0.4, -0.2) is 22.3 Å². The first kappa shape index (κ1) is 19.9. The number of carboxylic acid groups (broad SMARTS) is 1. The molecule has 0 aromatic heterocycles. The molecule has 0 radical (unpaired) electrons. The molecule has 6 heteroatoms. The van der Waals surface area contributed by atoms with E-state index in [-0.39, 0.29) is 12.2 Å². The molecule has 0 saturated carbocycles. The third kappa shape index (κ3) is 5.13. The molecule has 0 aliphatic heterocycles. The fraction of sp³-hybridized carbons (Fsp3) is 0.130. The van der Waals surface area contributed by atoms with Crippen molar-refractivity contribution in [2.75, 3.05) is 5.32 Å². The number of amides is 1. The largest absolute Gasteiger partial charge is 0.507 e. The maximum Gasteiger partial charge on any atom is 0.412 e. The zero-order valence-corrected chi connectivity index (χ0v) is 15.8. The van der Waals surface area contributed by atoms with Gasteiger partial charge in [0.2, 0.25) is 0 Å². The standard InChI is InChI=1S/C23H21NO5/c1-15-9-11-16(12-10-15)24-23(28)29-21(7-4-8-22(26)27)19-13-14-20(25)18-6-3-2-5-17(18)19/h2-6,8-14,21,25H,7H2,1H3,(H,24,28)(H,26,27)/b8-4+/t21-/m0/s1. The van der Waals surface area contributed by atoms with Gasteiger partial charge >= 0.3 is 12.1 Å². The van der Waals surface area contributed by atoms with E-state index in [9.17, 15) is 14.7 Å². The third-order valence-corrected chi connectivity index (χ3v) is 4.44. The van der Waals surface area contributed by atoms with Crippen LogP contribution in [0.2, 0.25) is 0 Å². The zero-order valence-electron chi connectivity index (χ0n) is 15.8. The number of hydrogen-bond donors (Lipinski definition) is 3. The van der Waals surface area contributed by atoms with Crippen LogP contribution in [0, 0.1) is 6.92 Å². The highest BCUT2D eigenvalue weighted by atomic mass is 16.6. The molecule has 0 aliphatic rings. The molecule has 0 aliphatic carbocycles. The minimum Gasteiger partial charge on any atom is -0.507 e. The van der Waals surface area contributed by atoms with Crippen molar-refractivity contribution in [1.29, 1.82) is 0 Å². The molecular formula is C23H21NO5. The highest BCUT2D eigenvalue weighted by molar-refractivity contribution is 5.91. The summed E-state index contributed by atoms with van der Waals surface area (Å²) in [4.78, 5) is 23.3. The van der Waals surface area contributed by atoms with Crippen molar-refractivity contribution >= 4 is 28.5 Å². The van der Waals surface area contributed by atoms with Gasteiger partial charge in [0.1, 0.15) is 11.9 Å². The molecule has 3 aromatic carbocycles. The summed E-state index contributed by atoms with van der Waals surface area (Å²) in [5, 5.41) is 23.0. The lowest BCUT2D eigenvalue weighted by atomic mass is 9.97. The minimum absolute atomic E-state index is 0.119. The molecule has 0 bridgehead atoms. The van der Waals surface area contributed by atoms with Crippen LogP contribution < -0.4 is 5.32 Å². The number of phenolic OH excluding ortho intramolecular Hbond substituents is 1. The number of aryl methyl sites for hydroxylation is 1. The molecule has 0 saturated heterocycles. The second kappa shape index (κ2) is 8.93. The van der Waals surface area contributed by atoms with Crippen LogP contribution in [0.3, 0.4) is 0 Å². The van der Waals surface area contributed by atoms with Crippen molar-refractivity contribution in [1.82, 2.24) is 0 Å². The number of hydrogen-bond acceptors (Lipinski definition) is 4. The fourth-order valence-electron chi connectivity index (χ4n) is 3.03. The lowest BCUT2D eigenvalue weighted by Gasteiger charge is -2.19. The first-order chi connectivity index (χ1) is 13.9. The smallest absolute Gasteiger partial charge is 0.412 e. The van der Waals surface area contributed by atoms with Gasteiger partial charge in [0.25, 0.3) is 0 Å². The number of carbonyl (C=O) groups is 2. The average Bonchev–Trinajstić information content (AvgIpc) is 2.69. The molecule has 0 spiro atoms.